The first-order valence-corrected chi connectivity index (χ1v) is 8.46. The molecular weight excluding hydrogens is 300 g/mol. The van der Waals surface area contributed by atoms with Gasteiger partial charge in [0.2, 0.25) is 5.91 Å². The molecule has 2 aliphatic heterocycles. The highest BCUT2D eigenvalue weighted by Crippen LogP contribution is 2.24. The van der Waals surface area contributed by atoms with Crippen molar-refractivity contribution in [3.8, 4) is 0 Å². The molecule has 1 aromatic rings. The number of hydrogen-bond donors (Lipinski definition) is 1. The second-order valence-corrected chi connectivity index (χ2v) is 6.75. The van der Waals surface area contributed by atoms with Gasteiger partial charge >= 0.3 is 0 Å². The first kappa shape index (κ1) is 15.8. The molecule has 1 aromatic carbocycles. The number of carbonyl (C=O) groups excluding carboxylic acids is 1. The molecule has 0 aromatic heterocycles. The third kappa shape index (κ3) is 3.62. The molecule has 3 rings (SSSR count). The predicted octanol–water partition coefficient (Wildman–Crippen LogP) is 2.46. The highest BCUT2D eigenvalue weighted by Gasteiger charge is 2.31. The van der Waals surface area contributed by atoms with Crippen molar-refractivity contribution in [3.05, 3.63) is 34.9 Å². The fourth-order valence-electron chi connectivity index (χ4n) is 3.57. The van der Waals surface area contributed by atoms with Crippen LogP contribution in [0.2, 0.25) is 5.02 Å². The number of aliphatic hydroxyl groups is 1. The molecule has 120 valence electrons. The van der Waals surface area contributed by atoms with Gasteiger partial charge in [0.05, 0.1) is 6.10 Å². The molecule has 0 aliphatic carbocycles. The van der Waals surface area contributed by atoms with Crippen molar-refractivity contribution in [2.24, 2.45) is 0 Å². The lowest BCUT2D eigenvalue weighted by Gasteiger charge is -2.38. The van der Waals surface area contributed by atoms with Gasteiger partial charge in [-0.25, -0.2) is 0 Å². The summed E-state index contributed by atoms with van der Waals surface area (Å²) < 4.78 is 0. The fraction of sp³-hybridized carbons (Fsp3) is 0.588. The van der Waals surface area contributed by atoms with Crippen LogP contribution in [0.5, 0.6) is 0 Å². The van der Waals surface area contributed by atoms with Crippen molar-refractivity contribution in [1.82, 2.24) is 9.80 Å². The Morgan fingerprint density at radius 1 is 1.32 bits per heavy atom. The van der Waals surface area contributed by atoms with Crippen molar-refractivity contribution in [2.75, 3.05) is 26.2 Å². The summed E-state index contributed by atoms with van der Waals surface area (Å²) >= 11 is 5.99. The van der Waals surface area contributed by atoms with E-state index in [-0.39, 0.29) is 0 Å². The van der Waals surface area contributed by atoms with E-state index in [0.717, 1.165) is 44.5 Å². The SMILES string of the molecule is O=C1CCCN1C1CCCN(CC(O)c2cccc(Cl)c2)C1. The maximum Gasteiger partial charge on any atom is 0.222 e. The van der Waals surface area contributed by atoms with Gasteiger partial charge in [-0.05, 0) is 43.5 Å². The Hall–Kier alpha value is -1.10. The molecular formula is C17H23ClN2O2. The number of β-amino-alcohol motifs (C(OH)–C–C–N with tert-alkyl or cyclic N) is 1. The molecule has 1 N–H and O–H groups in total. The van der Waals surface area contributed by atoms with Gasteiger partial charge in [0.25, 0.3) is 0 Å². The molecule has 0 spiro atoms. The molecule has 22 heavy (non-hydrogen) atoms. The lowest BCUT2D eigenvalue weighted by atomic mass is 10.0. The van der Waals surface area contributed by atoms with Crippen molar-refractivity contribution in [2.45, 2.75) is 37.8 Å². The second-order valence-electron chi connectivity index (χ2n) is 6.32. The number of benzene rings is 1. The van der Waals surface area contributed by atoms with Crippen LogP contribution in [0, 0.1) is 0 Å². The monoisotopic (exact) mass is 322 g/mol. The van der Waals surface area contributed by atoms with Crippen LogP contribution in [0.3, 0.4) is 0 Å². The van der Waals surface area contributed by atoms with E-state index >= 15 is 0 Å². The van der Waals surface area contributed by atoms with Crippen molar-refractivity contribution < 1.29 is 9.90 Å². The number of aliphatic hydroxyl groups excluding tert-OH is 1. The van der Waals surface area contributed by atoms with E-state index in [2.05, 4.69) is 4.90 Å². The van der Waals surface area contributed by atoms with Gasteiger partial charge in [-0.2, -0.15) is 0 Å². The van der Waals surface area contributed by atoms with Crippen molar-refractivity contribution >= 4 is 17.5 Å². The van der Waals surface area contributed by atoms with Gasteiger partial charge in [-0.3, -0.25) is 9.69 Å². The van der Waals surface area contributed by atoms with Crippen LogP contribution < -0.4 is 0 Å². The van der Waals surface area contributed by atoms with Gasteiger partial charge in [0.1, 0.15) is 0 Å². The van der Waals surface area contributed by atoms with E-state index in [1.807, 2.05) is 29.2 Å². The minimum Gasteiger partial charge on any atom is -0.387 e. The van der Waals surface area contributed by atoms with Crippen LogP contribution in [0.1, 0.15) is 37.4 Å². The molecule has 0 bridgehead atoms. The Labute approximate surface area is 136 Å². The van der Waals surface area contributed by atoms with E-state index in [9.17, 15) is 9.90 Å². The minimum absolute atomic E-state index is 0.294. The summed E-state index contributed by atoms with van der Waals surface area (Å²) in [6, 6.07) is 7.71. The van der Waals surface area contributed by atoms with Crippen LogP contribution in [0.25, 0.3) is 0 Å². The number of likely N-dealkylation sites (tertiary alicyclic amines) is 2. The van der Waals surface area contributed by atoms with Crippen molar-refractivity contribution in [3.63, 3.8) is 0 Å². The lowest BCUT2D eigenvalue weighted by Crippen LogP contribution is -2.49. The number of hydrogen-bond acceptors (Lipinski definition) is 3. The summed E-state index contributed by atoms with van der Waals surface area (Å²) in [6.07, 6.45) is 3.31. The standard InChI is InChI=1S/C17H23ClN2O2/c18-14-5-1-4-13(10-14)16(21)12-19-8-2-6-15(11-19)20-9-3-7-17(20)22/h1,4-5,10,15-16,21H,2-3,6-9,11-12H2. The molecule has 2 aliphatic rings. The summed E-state index contributed by atoms with van der Waals surface area (Å²) in [5.74, 6) is 0.294. The fourth-order valence-corrected chi connectivity index (χ4v) is 3.77. The third-order valence-corrected chi connectivity index (χ3v) is 4.93. The topological polar surface area (TPSA) is 43.8 Å². The molecule has 2 heterocycles. The molecule has 1 amide bonds. The van der Waals surface area contributed by atoms with Crippen LogP contribution >= 0.6 is 11.6 Å². The quantitative estimate of drug-likeness (QED) is 0.926. The van der Waals surface area contributed by atoms with E-state index in [1.165, 1.54) is 0 Å². The number of halogens is 1. The summed E-state index contributed by atoms with van der Waals surface area (Å²) in [4.78, 5) is 16.2. The Kier molecular flexibility index (Phi) is 5.01. The third-order valence-electron chi connectivity index (χ3n) is 4.70. The molecule has 2 atom stereocenters. The zero-order valence-corrected chi connectivity index (χ0v) is 13.5. The number of nitrogens with zero attached hydrogens (tertiary/aromatic N) is 2. The molecule has 0 radical (unpaired) electrons. The predicted molar refractivity (Wildman–Crippen MR) is 86.8 cm³/mol. The van der Waals surface area contributed by atoms with Crippen LogP contribution in [-0.2, 0) is 4.79 Å². The van der Waals surface area contributed by atoms with Gasteiger partial charge in [0, 0.05) is 37.1 Å². The van der Waals surface area contributed by atoms with Crippen LogP contribution in [0.15, 0.2) is 24.3 Å². The van der Waals surface area contributed by atoms with E-state index in [4.69, 9.17) is 11.6 Å². The van der Waals surface area contributed by atoms with Gasteiger partial charge in [0.15, 0.2) is 0 Å². The van der Waals surface area contributed by atoms with Crippen molar-refractivity contribution in [1.29, 1.82) is 0 Å². The zero-order valence-electron chi connectivity index (χ0n) is 12.7. The smallest absolute Gasteiger partial charge is 0.222 e. The molecule has 4 nitrogen and oxygen atoms in total. The Morgan fingerprint density at radius 2 is 2.18 bits per heavy atom. The summed E-state index contributed by atoms with van der Waals surface area (Å²) in [6.45, 7) is 3.34. The maximum absolute atomic E-state index is 11.9. The Morgan fingerprint density at radius 3 is 2.91 bits per heavy atom. The first-order valence-electron chi connectivity index (χ1n) is 8.09. The number of rotatable bonds is 4. The van der Waals surface area contributed by atoms with E-state index in [1.54, 1.807) is 0 Å². The summed E-state index contributed by atoms with van der Waals surface area (Å²) in [5.41, 5.74) is 0.854. The molecule has 5 heteroatoms. The van der Waals surface area contributed by atoms with Gasteiger partial charge in [-0.1, -0.05) is 23.7 Å². The number of piperidine rings is 1. The molecule has 2 fully saturated rings. The van der Waals surface area contributed by atoms with Gasteiger partial charge < -0.3 is 10.0 Å². The summed E-state index contributed by atoms with van der Waals surface area (Å²) in [5, 5.41) is 11.1. The first-order chi connectivity index (χ1) is 10.6. The Bertz CT molecular complexity index is 537. The highest BCUT2D eigenvalue weighted by molar-refractivity contribution is 6.30. The molecule has 2 saturated heterocycles. The van der Waals surface area contributed by atoms with Gasteiger partial charge in [-0.15, -0.1) is 0 Å². The summed E-state index contributed by atoms with van der Waals surface area (Å²) in [7, 11) is 0. The molecule has 0 saturated carbocycles. The highest BCUT2D eigenvalue weighted by atomic mass is 35.5. The average molecular weight is 323 g/mol. The normalized spacial score (nSPS) is 24.7. The van der Waals surface area contributed by atoms with E-state index < -0.39 is 6.10 Å². The van der Waals surface area contributed by atoms with Crippen LogP contribution in [-0.4, -0.2) is 53.0 Å². The number of carbonyl (C=O) groups is 1. The minimum atomic E-state index is -0.535. The second kappa shape index (κ2) is 6.99. The Balaban J connectivity index is 1.59. The lowest BCUT2D eigenvalue weighted by molar-refractivity contribution is -0.130. The molecule has 2 unspecified atom stereocenters. The van der Waals surface area contributed by atoms with Crippen LogP contribution in [0.4, 0.5) is 0 Å². The zero-order chi connectivity index (χ0) is 15.5. The maximum atomic E-state index is 11.9. The number of amides is 1. The largest absolute Gasteiger partial charge is 0.387 e. The average Bonchev–Trinajstić information content (AvgIpc) is 2.94. The van der Waals surface area contributed by atoms with E-state index in [0.29, 0.717) is 29.9 Å².